The van der Waals surface area contributed by atoms with Crippen LogP contribution in [0.1, 0.15) is 21.6 Å². The van der Waals surface area contributed by atoms with Crippen molar-refractivity contribution in [3.05, 3.63) is 89.7 Å². The number of hydrogen-bond acceptors (Lipinski definition) is 6. The Hall–Kier alpha value is -3.56. The lowest BCUT2D eigenvalue weighted by Gasteiger charge is -2.20. The topological polar surface area (TPSA) is 106 Å². The fourth-order valence-electron chi connectivity index (χ4n) is 3.22. The highest BCUT2D eigenvalue weighted by atomic mass is 32.2. The van der Waals surface area contributed by atoms with Crippen molar-refractivity contribution in [1.82, 2.24) is 9.71 Å². The number of benzene rings is 2. The maximum absolute atomic E-state index is 12.8. The minimum atomic E-state index is -3.92. The Kier molecular flexibility index (Phi) is 5.79. The lowest BCUT2D eigenvalue weighted by molar-refractivity contribution is -0.108. The summed E-state index contributed by atoms with van der Waals surface area (Å²) in [5.41, 5.74) is 1.69. The second-order valence-corrected chi connectivity index (χ2v) is 8.52. The SMILES string of the molecule is O=CC1CN(c2ccc(C(=O)c3ccccn3)cc2OCc2ccccc2)S(=O)(=O)N1. The van der Waals surface area contributed by atoms with E-state index >= 15 is 0 Å². The van der Waals surface area contributed by atoms with Gasteiger partial charge in [-0.3, -0.25) is 14.1 Å². The summed E-state index contributed by atoms with van der Waals surface area (Å²) in [6.07, 6.45) is 2.07. The third kappa shape index (κ3) is 4.47. The number of aldehydes is 1. The molecule has 1 N–H and O–H groups in total. The molecule has 1 aromatic heterocycles. The molecule has 158 valence electrons. The van der Waals surface area contributed by atoms with Crippen molar-refractivity contribution in [2.75, 3.05) is 10.8 Å². The molecule has 1 atom stereocenters. The molecule has 1 saturated heterocycles. The van der Waals surface area contributed by atoms with Crippen LogP contribution in [-0.2, 0) is 21.6 Å². The first-order valence-corrected chi connectivity index (χ1v) is 10.9. The number of aromatic nitrogens is 1. The van der Waals surface area contributed by atoms with Gasteiger partial charge >= 0.3 is 10.2 Å². The first-order chi connectivity index (χ1) is 15.0. The van der Waals surface area contributed by atoms with Gasteiger partial charge in [0, 0.05) is 11.8 Å². The van der Waals surface area contributed by atoms with Gasteiger partial charge in [0.25, 0.3) is 0 Å². The Morgan fingerprint density at radius 2 is 1.90 bits per heavy atom. The lowest BCUT2D eigenvalue weighted by atomic mass is 10.1. The molecule has 31 heavy (non-hydrogen) atoms. The standard InChI is InChI=1S/C22H19N3O5S/c26-14-18-13-25(31(28,29)24-18)20-10-9-17(22(27)19-8-4-5-11-23-19)12-21(20)30-15-16-6-2-1-3-7-16/h1-12,14,18,24H,13,15H2. The van der Waals surface area contributed by atoms with Crippen LogP contribution in [0.15, 0.2) is 72.9 Å². The molecule has 1 aliphatic heterocycles. The third-order valence-corrected chi connectivity index (χ3v) is 6.27. The zero-order valence-electron chi connectivity index (χ0n) is 16.3. The average molecular weight is 437 g/mol. The molecule has 1 fully saturated rings. The Labute approximate surface area is 179 Å². The molecule has 0 bridgehead atoms. The summed E-state index contributed by atoms with van der Waals surface area (Å²) in [6.45, 7) is 0.106. The second-order valence-electron chi connectivity index (χ2n) is 6.90. The van der Waals surface area contributed by atoms with Gasteiger partial charge in [0.05, 0.1) is 18.3 Å². The third-order valence-electron chi connectivity index (χ3n) is 4.74. The quantitative estimate of drug-likeness (QED) is 0.448. The fraction of sp³-hybridized carbons (Fsp3) is 0.136. The van der Waals surface area contributed by atoms with E-state index in [2.05, 4.69) is 9.71 Å². The van der Waals surface area contributed by atoms with E-state index in [-0.39, 0.29) is 36.1 Å². The predicted molar refractivity (Wildman–Crippen MR) is 114 cm³/mol. The number of anilines is 1. The molecule has 3 aromatic rings. The van der Waals surface area contributed by atoms with Crippen molar-refractivity contribution >= 4 is 28.0 Å². The number of rotatable bonds is 7. The Bertz CT molecular complexity index is 1200. The number of ether oxygens (including phenoxy) is 1. The molecule has 2 aromatic carbocycles. The number of nitrogens with one attached hydrogen (secondary N) is 1. The number of ketones is 1. The van der Waals surface area contributed by atoms with Crippen LogP contribution >= 0.6 is 0 Å². The zero-order chi connectivity index (χ0) is 21.8. The molecule has 1 aliphatic rings. The molecule has 1 unspecified atom stereocenters. The van der Waals surface area contributed by atoms with Crippen LogP contribution in [-0.4, -0.2) is 38.1 Å². The van der Waals surface area contributed by atoms with Gasteiger partial charge in [-0.2, -0.15) is 13.1 Å². The van der Waals surface area contributed by atoms with Crippen LogP contribution in [0.3, 0.4) is 0 Å². The number of hydrogen-bond donors (Lipinski definition) is 1. The van der Waals surface area contributed by atoms with Crippen molar-refractivity contribution in [2.24, 2.45) is 0 Å². The molecular weight excluding hydrogens is 418 g/mol. The zero-order valence-corrected chi connectivity index (χ0v) is 17.2. The van der Waals surface area contributed by atoms with E-state index in [1.807, 2.05) is 30.3 Å². The molecule has 0 amide bonds. The van der Waals surface area contributed by atoms with Crippen molar-refractivity contribution in [2.45, 2.75) is 12.6 Å². The summed E-state index contributed by atoms with van der Waals surface area (Å²) in [5, 5.41) is 0. The van der Waals surface area contributed by atoms with E-state index in [1.54, 1.807) is 18.2 Å². The molecule has 0 saturated carbocycles. The smallest absolute Gasteiger partial charge is 0.302 e. The summed E-state index contributed by atoms with van der Waals surface area (Å²) in [4.78, 5) is 28.0. The maximum atomic E-state index is 12.8. The second kappa shape index (κ2) is 8.66. The van der Waals surface area contributed by atoms with Crippen LogP contribution in [0.25, 0.3) is 0 Å². The van der Waals surface area contributed by atoms with Gasteiger partial charge < -0.3 is 9.53 Å². The molecule has 9 heteroatoms. The Morgan fingerprint density at radius 3 is 2.58 bits per heavy atom. The first kappa shape index (κ1) is 20.7. The highest BCUT2D eigenvalue weighted by Crippen LogP contribution is 2.34. The highest BCUT2D eigenvalue weighted by molar-refractivity contribution is 7.91. The Balaban J connectivity index is 1.71. The van der Waals surface area contributed by atoms with Crippen LogP contribution in [0.2, 0.25) is 0 Å². The van der Waals surface area contributed by atoms with E-state index in [9.17, 15) is 18.0 Å². The lowest BCUT2D eigenvalue weighted by Crippen LogP contribution is -2.30. The van der Waals surface area contributed by atoms with Crippen LogP contribution in [0, 0.1) is 0 Å². The van der Waals surface area contributed by atoms with E-state index in [0.29, 0.717) is 11.8 Å². The fourth-order valence-corrected chi connectivity index (χ4v) is 4.63. The molecule has 0 radical (unpaired) electrons. The average Bonchev–Trinajstić information content (AvgIpc) is 3.12. The molecule has 4 rings (SSSR count). The minimum absolute atomic E-state index is 0.0684. The van der Waals surface area contributed by atoms with E-state index in [4.69, 9.17) is 4.74 Å². The normalized spacial score (nSPS) is 17.3. The number of carbonyl (C=O) groups is 2. The van der Waals surface area contributed by atoms with Crippen LogP contribution in [0.5, 0.6) is 5.75 Å². The predicted octanol–water partition coefficient (Wildman–Crippen LogP) is 2.11. The van der Waals surface area contributed by atoms with Crippen molar-refractivity contribution in [1.29, 1.82) is 0 Å². The number of pyridine rings is 1. The number of carbonyl (C=O) groups excluding carboxylic acids is 2. The summed E-state index contributed by atoms with van der Waals surface area (Å²) in [5.74, 6) is -0.104. The summed E-state index contributed by atoms with van der Waals surface area (Å²) >= 11 is 0. The highest BCUT2D eigenvalue weighted by Gasteiger charge is 2.37. The molecule has 8 nitrogen and oxygen atoms in total. The molecular formula is C22H19N3O5S. The van der Waals surface area contributed by atoms with Gasteiger partial charge in [-0.05, 0) is 35.9 Å². The first-order valence-electron chi connectivity index (χ1n) is 9.50. The van der Waals surface area contributed by atoms with Crippen molar-refractivity contribution in [3.8, 4) is 5.75 Å². The monoisotopic (exact) mass is 437 g/mol. The van der Waals surface area contributed by atoms with Crippen LogP contribution in [0.4, 0.5) is 5.69 Å². The van der Waals surface area contributed by atoms with Crippen LogP contribution < -0.4 is 13.8 Å². The van der Waals surface area contributed by atoms with Gasteiger partial charge in [0.2, 0.25) is 5.78 Å². The molecule has 0 spiro atoms. The van der Waals surface area contributed by atoms with Gasteiger partial charge in [-0.15, -0.1) is 0 Å². The summed E-state index contributed by atoms with van der Waals surface area (Å²) in [6, 6.07) is 18.0. The summed E-state index contributed by atoms with van der Waals surface area (Å²) in [7, 11) is -3.92. The van der Waals surface area contributed by atoms with Crippen molar-refractivity contribution in [3.63, 3.8) is 0 Å². The van der Waals surface area contributed by atoms with Gasteiger partial charge in [0.1, 0.15) is 24.3 Å². The van der Waals surface area contributed by atoms with E-state index in [0.717, 1.165) is 9.87 Å². The van der Waals surface area contributed by atoms with Gasteiger partial charge in [-0.25, -0.2) is 0 Å². The number of nitrogens with zero attached hydrogens (tertiary/aromatic N) is 2. The Morgan fingerprint density at radius 1 is 1.13 bits per heavy atom. The largest absolute Gasteiger partial charge is 0.487 e. The summed E-state index contributed by atoms with van der Waals surface area (Å²) < 4.78 is 34.3. The molecule has 2 heterocycles. The van der Waals surface area contributed by atoms with Gasteiger partial charge in [0.15, 0.2) is 0 Å². The van der Waals surface area contributed by atoms with E-state index in [1.165, 1.54) is 24.4 Å². The van der Waals surface area contributed by atoms with E-state index < -0.39 is 16.3 Å². The molecule has 0 aliphatic carbocycles. The minimum Gasteiger partial charge on any atom is -0.487 e. The maximum Gasteiger partial charge on any atom is 0.302 e. The van der Waals surface area contributed by atoms with Crippen molar-refractivity contribution < 1.29 is 22.7 Å². The van der Waals surface area contributed by atoms with Gasteiger partial charge in [-0.1, -0.05) is 36.4 Å².